The van der Waals surface area contributed by atoms with Crippen molar-refractivity contribution in [1.82, 2.24) is 14.9 Å². The Hall–Kier alpha value is -0.170. The molecule has 2 aliphatic rings. The average molecular weight is 289 g/mol. The van der Waals surface area contributed by atoms with Crippen molar-refractivity contribution in [2.24, 2.45) is 11.3 Å². The van der Waals surface area contributed by atoms with Crippen LogP contribution in [0.2, 0.25) is 0 Å². The fraction of sp³-hybridized carbons (Fsp3) is 1.00. The number of likely N-dealkylation sites (tertiary alicyclic amines) is 1. The monoisotopic (exact) mass is 289 g/mol. The van der Waals surface area contributed by atoms with Crippen molar-refractivity contribution in [3.8, 4) is 0 Å². The molecule has 2 heterocycles. The van der Waals surface area contributed by atoms with E-state index in [2.05, 4.69) is 21.9 Å². The van der Waals surface area contributed by atoms with Gasteiger partial charge in [0.25, 0.3) is 0 Å². The predicted molar refractivity (Wildman–Crippen MR) is 77.6 cm³/mol. The van der Waals surface area contributed by atoms with E-state index in [0.29, 0.717) is 17.9 Å². The SMILES string of the molecule is CC1(CN2CCCC(CNS(C)(=O)=O)C2)CCNC1. The molecule has 2 unspecified atom stereocenters. The molecule has 2 aliphatic heterocycles. The van der Waals surface area contributed by atoms with Crippen LogP contribution in [0.5, 0.6) is 0 Å². The van der Waals surface area contributed by atoms with Crippen LogP contribution in [0, 0.1) is 11.3 Å². The minimum Gasteiger partial charge on any atom is -0.316 e. The van der Waals surface area contributed by atoms with Gasteiger partial charge >= 0.3 is 0 Å². The van der Waals surface area contributed by atoms with Crippen molar-refractivity contribution in [2.45, 2.75) is 26.2 Å². The molecule has 2 fully saturated rings. The molecular formula is C13H27N3O2S. The maximum absolute atomic E-state index is 11.2. The first-order chi connectivity index (χ1) is 8.86. The fourth-order valence-corrected chi connectivity index (χ4v) is 3.81. The summed E-state index contributed by atoms with van der Waals surface area (Å²) in [4.78, 5) is 2.52. The van der Waals surface area contributed by atoms with Crippen molar-refractivity contribution in [2.75, 3.05) is 45.5 Å². The molecule has 112 valence electrons. The molecule has 0 bridgehead atoms. The first kappa shape index (κ1) is 15.2. The third-order valence-electron chi connectivity index (χ3n) is 4.30. The minimum atomic E-state index is -3.05. The zero-order valence-corrected chi connectivity index (χ0v) is 12.9. The second kappa shape index (κ2) is 6.08. The Labute approximate surface area is 117 Å². The summed E-state index contributed by atoms with van der Waals surface area (Å²) in [5.74, 6) is 0.460. The van der Waals surface area contributed by atoms with Crippen molar-refractivity contribution in [3.05, 3.63) is 0 Å². The topological polar surface area (TPSA) is 61.4 Å². The number of piperidine rings is 1. The number of hydrogen-bond donors (Lipinski definition) is 2. The zero-order chi connectivity index (χ0) is 13.9. The van der Waals surface area contributed by atoms with E-state index in [9.17, 15) is 8.42 Å². The van der Waals surface area contributed by atoms with Crippen molar-refractivity contribution in [1.29, 1.82) is 0 Å². The van der Waals surface area contributed by atoms with Gasteiger partial charge in [0.15, 0.2) is 0 Å². The van der Waals surface area contributed by atoms with Gasteiger partial charge in [0.1, 0.15) is 0 Å². The highest BCUT2D eigenvalue weighted by molar-refractivity contribution is 7.88. The minimum absolute atomic E-state index is 0.395. The quantitative estimate of drug-likeness (QED) is 0.761. The largest absolute Gasteiger partial charge is 0.316 e. The van der Waals surface area contributed by atoms with E-state index in [1.807, 2.05) is 0 Å². The highest BCUT2D eigenvalue weighted by atomic mass is 32.2. The van der Waals surface area contributed by atoms with Gasteiger partial charge < -0.3 is 10.2 Å². The van der Waals surface area contributed by atoms with Crippen LogP contribution in [0.15, 0.2) is 0 Å². The predicted octanol–water partition coefficient (Wildman–Crippen LogP) is 0.247. The van der Waals surface area contributed by atoms with Gasteiger partial charge in [-0.2, -0.15) is 0 Å². The molecule has 2 N–H and O–H groups in total. The Morgan fingerprint density at radius 3 is 2.89 bits per heavy atom. The second-order valence-electron chi connectivity index (χ2n) is 6.60. The molecule has 2 atom stereocenters. The lowest BCUT2D eigenvalue weighted by Gasteiger charge is -2.37. The molecule has 0 aromatic heterocycles. The van der Waals surface area contributed by atoms with E-state index in [1.165, 1.54) is 19.1 Å². The number of nitrogens with zero attached hydrogens (tertiary/aromatic N) is 1. The maximum atomic E-state index is 11.2. The highest BCUT2D eigenvalue weighted by Crippen LogP contribution is 2.28. The lowest BCUT2D eigenvalue weighted by molar-refractivity contribution is 0.121. The van der Waals surface area contributed by atoms with Crippen molar-refractivity contribution in [3.63, 3.8) is 0 Å². The molecule has 0 aromatic rings. The van der Waals surface area contributed by atoms with Crippen molar-refractivity contribution < 1.29 is 8.42 Å². The van der Waals surface area contributed by atoms with Crippen LogP contribution in [0.3, 0.4) is 0 Å². The number of sulfonamides is 1. The molecule has 0 amide bonds. The van der Waals surface area contributed by atoms with Crippen molar-refractivity contribution >= 4 is 10.0 Å². The Bertz CT molecular complexity index is 391. The lowest BCUT2D eigenvalue weighted by Crippen LogP contribution is -2.45. The van der Waals surface area contributed by atoms with Gasteiger partial charge in [-0.25, -0.2) is 13.1 Å². The van der Waals surface area contributed by atoms with E-state index in [4.69, 9.17) is 0 Å². The third-order valence-corrected chi connectivity index (χ3v) is 4.99. The number of nitrogens with one attached hydrogen (secondary N) is 2. The molecule has 0 radical (unpaired) electrons. The summed E-state index contributed by atoms with van der Waals surface area (Å²) in [5, 5.41) is 3.44. The van der Waals surface area contributed by atoms with Crippen LogP contribution >= 0.6 is 0 Å². The van der Waals surface area contributed by atoms with Gasteiger partial charge in [-0.05, 0) is 43.7 Å². The number of rotatable bonds is 5. The van der Waals surface area contributed by atoms with Crippen LogP contribution in [0.25, 0.3) is 0 Å². The summed E-state index contributed by atoms with van der Waals surface area (Å²) in [7, 11) is -3.05. The van der Waals surface area contributed by atoms with E-state index in [1.54, 1.807) is 0 Å². The standard InChI is InChI=1S/C13H27N3O2S/c1-13(5-6-14-10-13)11-16-7-3-4-12(9-16)8-15-19(2,17)18/h12,14-15H,3-11H2,1-2H3. The van der Waals surface area contributed by atoms with Crippen LogP contribution in [-0.4, -0.2) is 58.8 Å². The Morgan fingerprint density at radius 2 is 2.26 bits per heavy atom. The van der Waals surface area contributed by atoms with E-state index in [-0.39, 0.29) is 0 Å². The van der Waals surface area contributed by atoms with Gasteiger partial charge in [0, 0.05) is 26.2 Å². The van der Waals surface area contributed by atoms with E-state index < -0.39 is 10.0 Å². The second-order valence-corrected chi connectivity index (χ2v) is 8.43. The summed E-state index contributed by atoms with van der Waals surface area (Å²) in [5.41, 5.74) is 0.395. The summed E-state index contributed by atoms with van der Waals surface area (Å²) in [6.45, 7) is 8.49. The van der Waals surface area contributed by atoms with Crippen LogP contribution in [0.4, 0.5) is 0 Å². The van der Waals surface area contributed by atoms with E-state index in [0.717, 1.165) is 39.1 Å². The van der Waals surface area contributed by atoms with Crippen LogP contribution < -0.4 is 10.0 Å². The Morgan fingerprint density at radius 1 is 1.47 bits per heavy atom. The van der Waals surface area contributed by atoms with Gasteiger partial charge in [-0.3, -0.25) is 0 Å². The highest BCUT2D eigenvalue weighted by Gasteiger charge is 2.32. The molecule has 5 nitrogen and oxygen atoms in total. The number of hydrogen-bond acceptors (Lipinski definition) is 4. The first-order valence-electron chi connectivity index (χ1n) is 7.24. The molecule has 6 heteroatoms. The zero-order valence-electron chi connectivity index (χ0n) is 12.1. The lowest BCUT2D eigenvalue weighted by atomic mass is 9.87. The Balaban J connectivity index is 1.80. The van der Waals surface area contributed by atoms with Gasteiger partial charge in [0.05, 0.1) is 6.26 Å². The normalized spacial score (nSPS) is 33.7. The van der Waals surface area contributed by atoms with E-state index >= 15 is 0 Å². The Kier molecular flexibility index (Phi) is 4.87. The molecule has 0 aromatic carbocycles. The fourth-order valence-electron chi connectivity index (χ4n) is 3.27. The molecule has 0 aliphatic carbocycles. The molecule has 2 saturated heterocycles. The summed E-state index contributed by atoms with van der Waals surface area (Å²) >= 11 is 0. The van der Waals surface area contributed by atoms with Gasteiger partial charge in [0.2, 0.25) is 10.0 Å². The molecule has 2 rings (SSSR count). The molecule has 0 spiro atoms. The summed E-state index contributed by atoms with van der Waals surface area (Å²) in [6.07, 6.45) is 4.79. The maximum Gasteiger partial charge on any atom is 0.208 e. The molecular weight excluding hydrogens is 262 g/mol. The van der Waals surface area contributed by atoms with Gasteiger partial charge in [-0.1, -0.05) is 6.92 Å². The first-order valence-corrected chi connectivity index (χ1v) is 9.13. The van der Waals surface area contributed by atoms with Gasteiger partial charge in [-0.15, -0.1) is 0 Å². The molecule has 0 saturated carbocycles. The van der Waals surface area contributed by atoms with Crippen LogP contribution in [0.1, 0.15) is 26.2 Å². The third kappa shape index (κ3) is 5.02. The average Bonchev–Trinajstić information content (AvgIpc) is 2.73. The van der Waals surface area contributed by atoms with Crippen LogP contribution in [-0.2, 0) is 10.0 Å². The molecule has 19 heavy (non-hydrogen) atoms. The smallest absolute Gasteiger partial charge is 0.208 e. The summed E-state index contributed by atoms with van der Waals surface area (Å²) < 4.78 is 25.0. The summed E-state index contributed by atoms with van der Waals surface area (Å²) in [6, 6.07) is 0.